The molecular formula is C14H14FN3O2. The second-order valence-electron chi connectivity index (χ2n) is 4.53. The summed E-state index contributed by atoms with van der Waals surface area (Å²) in [5.41, 5.74) is 1.01. The molecule has 0 radical (unpaired) electrons. The van der Waals surface area contributed by atoms with Crippen molar-refractivity contribution in [3.05, 3.63) is 63.6 Å². The number of nitrogens with zero attached hydrogens (tertiary/aromatic N) is 2. The number of pyridine rings is 1. The lowest BCUT2D eigenvalue weighted by Crippen LogP contribution is -2.11. The fraction of sp³-hybridized carbons (Fsp3) is 0.214. The van der Waals surface area contributed by atoms with Gasteiger partial charge in [-0.15, -0.1) is 0 Å². The Kier molecular flexibility index (Phi) is 3.93. The molecule has 0 aliphatic heterocycles. The van der Waals surface area contributed by atoms with E-state index in [0.717, 1.165) is 0 Å². The SMILES string of the molecule is Cc1cnc(NC(C)c2ccccc2F)c([N+](=O)[O-])c1. The van der Waals surface area contributed by atoms with Crippen molar-refractivity contribution in [2.45, 2.75) is 19.9 Å². The number of rotatable bonds is 4. The van der Waals surface area contributed by atoms with Gasteiger partial charge in [0.15, 0.2) is 0 Å². The molecule has 20 heavy (non-hydrogen) atoms. The molecule has 1 N–H and O–H groups in total. The number of nitrogens with one attached hydrogen (secondary N) is 1. The normalized spacial score (nSPS) is 11.9. The van der Waals surface area contributed by atoms with Gasteiger partial charge in [-0.1, -0.05) is 18.2 Å². The molecule has 1 atom stereocenters. The van der Waals surface area contributed by atoms with Crippen molar-refractivity contribution in [3.63, 3.8) is 0 Å². The number of halogens is 1. The molecule has 2 aromatic rings. The number of aromatic nitrogens is 1. The summed E-state index contributed by atoms with van der Waals surface area (Å²) >= 11 is 0. The molecule has 0 saturated carbocycles. The molecule has 0 saturated heterocycles. The Hall–Kier alpha value is -2.50. The summed E-state index contributed by atoms with van der Waals surface area (Å²) in [4.78, 5) is 14.5. The summed E-state index contributed by atoms with van der Waals surface area (Å²) in [5, 5.41) is 13.9. The van der Waals surface area contributed by atoms with E-state index in [1.54, 1.807) is 32.0 Å². The third kappa shape index (κ3) is 2.90. The van der Waals surface area contributed by atoms with Crippen LogP contribution in [0.15, 0.2) is 36.5 Å². The van der Waals surface area contributed by atoms with Crippen LogP contribution in [0.5, 0.6) is 0 Å². The molecule has 104 valence electrons. The highest BCUT2D eigenvalue weighted by molar-refractivity contribution is 5.57. The Bertz CT molecular complexity index is 646. The highest BCUT2D eigenvalue weighted by Crippen LogP contribution is 2.27. The average Bonchev–Trinajstić information content (AvgIpc) is 2.41. The fourth-order valence-corrected chi connectivity index (χ4v) is 1.91. The first-order valence-electron chi connectivity index (χ1n) is 6.11. The molecule has 1 heterocycles. The van der Waals surface area contributed by atoms with Crippen molar-refractivity contribution in [2.24, 2.45) is 0 Å². The quantitative estimate of drug-likeness (QED) is 0.683. The second kappa shape index (κ2) is 5.64. The van der Waals surface area contributed by atoms with Gasteiger partial charge in [0, 0.05) is 17.8 Å². The topological polar surface area (TPSA) is 68.1 Å². The van der Waals surface area contributed by atoms with E-state index in [0.29, 0.717) is 11.1 Å². The van der Waals surface area contributed by atoms with Gasteiger partial charge in [-0.05, 0) is 25.5 Å². The lowest BCUT2D eigenvalue weighted by molar-refractivity contribution is -0.384. The van der Waals surface area contributed by atoms with E-state index in [4.69, 9.17) is 0 Å². The lowest BCUT2D eigenvalue weighted by atomic mass is 10.1. The van der Waals surface area contributed by atoms with Gasteiger partial charge < -0.3 is 5.32 Å². The Morgan fingerprint density at radius 1 is 1.40 bits per heavy atom. The molecule has 0 amide bonds. The van der Waals surface area contributed by atoms with Gasteiger partial charge in [0.05, 0.1) is 11.0 Å². The zero-order chi connectivity index (χ0) is 14.7. The minimum absolute atomic E-state index is 0.117. The standard InChI is InChI=1S/C14H14FN3O2/c1-9-7-13(18(19)20)14(16-8-9)17-10(2)11-5-3-4-6-12(11)15/h3-8,10H,1-2H3,(H,16,17). The van der Waals surface area contributed by atoms with Crippen LogP contribution in [-0.4, -0.2) is 9.91 Å². The van der Waals surface area contributed by atoms with Gasteiger partial charge in [-0.3, -0.25) is 10.1 Å². The van der Waals surface area contributed by atoms with Gasteiger partial charge in [-0.25, -0.2) is 9.37 Å². The van der Waals surface area contributed by atoms with Crippen molar-refractivity contribution in [1.82, 2.24) is 4.98 Å². The molecule has 6 heteroatoms. The van der Waals surface area contributed by atoms with E-state index < -0.39 is 11.0 Å². The van der Waals surface area contributed by atoms with E-state index in [1.807, 2.05) is 0 Å². The van der Waals surface area contributed by atoms with Crippen molar-refractivity contribution < 1.29 is 9.31 Å². The maximum absolute atomic E-state index is 13.7. The van der Waals surface area contributed by atoms with Gasteiger partial charge in [0.1, 0.15) is 5.82 Å². The van der Waals surface area contributed by atoms with E-state index >= 15 is 0 Å². The predicted molar refractivity (Wildman–Crippen MR) is 74.1 cm³/mol. The summed E-state index contributed by atoms with van der Waals surface area (Å²) in [7, 11) is 0. The van der Waals surface area contributed by atoms with Crippen LogP contribution in [0.25, 0.3) is 0 Å². The van der Waals surface area contributed by atoms with Gasteiger partial charge in [0.25, 0.3) is 0 Å². The van der Waals surface area contributed by atoms with Crippen molar-refractivity contribution in [1.29, 1.82) is 0 Å². The average molecular weight is 275 g/mol. The van der Waals surface area contributed by atoms with Crippen LogP contribution >= 0.6 is 0 Å². The van der Waals surface area contributed by atoms with Crippen molar-refractivity contribution in [2.75, 3.05) is 5.32 Å². The molecule has 2 rings (SSSR count). The van der Waals surface area contributed by atoms with E-state index in [1.165, 1.54) is 18.3 Å². The summed E-state index contributed by atoms with van der Waals surface area (Å²) in [6.45, 7) is 3.45. The van der Waals surface area contributed by atoms with Crippen LogP contribution < -0.4 is 5.32 Å². The Labute approximate surface area is 115 Å². The van der Waals surface area contributed by atoms with Gasteiger partial charge >= 0.3 is 5.69 Å². The summed E-state index contributed by atoms with van der Waals surface area (Å²) < 4.78 is 13.7. The molecule has 0 aliphatic rings. The van der Waals surface area contributed by atoms with Crippen LogP contribution in [0.2, 0.25) is 0 Å². The van der Waals surface area contributed by atoms with Crippen LogP contribution in [-0.2, 0) is 0 Å². The lowest BCUT2D eigenvalue weighted by Gasteiger charge is -2.15. The maximum Gasteiger partial charge on any atom is 0.311 e. The highest BCUT2D eigenvalue weighted by atomic mass is 19.1. The Balaban J connectivity index is 2.31. The Morgan fingerprint density at radius 3 is 2.75 bits per heavy atom. The molecule has 1 unspecified atom stereocenters. The zero-order valence-corrected chi connectivity index (χ0v) is 11.1. The summed E-state index contributed by atoms with van der Waals surface area (Å²) in [5.74, 6) is -0.224. The number of hydrogen-bond acceptors (Lipinski definition) is 4. The maximum atomic E-state index is 13.7. The van der Waals surface area contributed by atoms with Crippen LogP contribution in [0, 0.1) is 22.9 Å². The molecule has 0 aliphatic carbocycles. The third-order valence-corrected chi connectivity index (χ3v) is 2.93. The largest absolute Gasteiger partial charge is 0.358 e. The summed E-state index contributed by atoms with van der Waals surface area (Å²) in [6.07, 6.45) is 1.53. The first-order chi connectivity index (χ1) is 9.49. The number of anilines is 1. The van der Waals surface area contributed by atoms with Crippen molar-refractivity contribution in [3.8, 4) is 0 Å². The number of aryl methyl sites for hydroxylation is 1. The molecule has 0 bridgehead atoms. The van der Waals surface area contributed by atoms with E-state index in [2.05, 4.69) is 10.3 Å². The van der Waals surface area contributed by atoms with E-state index in [-0.39, 0.29) is 17.3 Å². The minimum atomic E-state index is -0.504. The van der Waals surface area contributed by atoms with Crippen LogP contribution in [0.1, 0.15) is 24.1 Å². The first kappa shape index (κ1) is 13.9. The molecule has 1 aromatic carbocycles. The zero-order valence-electron chi connectivity index (χ0n) is 11.1. The molecular weight excluding hydrogens is 261 g/mol. The van der Waals surface area contributed by atoms with Gasteiger partial charge in [0.2, 0.25) is 5.82 Å². The molecule has 0 spiro atoms. The monoisotopic (exact) mass is 275 g/mol. The number of nitro groups is 1. The van der Waals surface area contributed by atoms with Gasteiger partial charge in [-0.2, -0.15) is 0 Å². The smallest absolute Gasteiger partial charge is 0.311 e. The minimum Gasteiger partial charge on any atom is -0.358 e. The van der Waals surface area contributed by atoms with Crippen molar-refractivity contribution >= 4 is 11.5 Å². The molecule has 0 fully saturated rings. The predicted octanol–water partition coefficient (Wildman–Crippen LogP) is 3.61. The second-order valence-corrected chi connectivity index (χ2v) is 4.53. The number of benzene rings is 1. The van der Waals surface area contributed by atoms with Crippen LogP contribution in [0.4, 0.5) is 15.9 Å². The number of hydrogen-bond donors (Lipinski definition) is 1. The molecule has 5 nitrogen and oxygen atoms in total. The highest BCUT2D eigenvalue weighted by Gasteiger charge is 2.19. The Morgan fingerprint density at radius 2 is 2.10 bits per heavy atom. The van der Waals surface area contributed by atoms with E-state index in [9.17, 15) is 14.5 Å². The third-order valence-electron chi connectivity index (χ3n) is 2.93. The van der Waals surface area contributed by atoms with Crippen LogP contribution in [0.3, 0.4) is 0 Å². The molecule has 1 aromatic heterocycles. The first-order valence-corrected chi connectivity index (χ1v) is 6.11. The fourth-order valence-electron chi connectivity index (χ4n) is 1.91. The summed E-state index contributed by atoms with van der Waals surface area (Å²) in [6, 6.07) is 7.30.